The summed E-state index contributed by atoms with van der Waals surface area (Å²) in [6, 6.07) is 9.87. The maximum absolute atomic E-state index is 12.8. The number of benzene rings is 1. The second kappa shape index (κ2) is 7.31. The number of aromatic amines is 1. The van der Waals surface area contributed by atoms with E-state index in [0.717, 1.165) is 16.8 Å². The van der Waals surface area contributed by atoms with Crippen LogP contribution in [0.25, 0.3) is 11.1 Å². The van der Waals surface area contributed by atoms with E-state index in [-0.39, 0.29) is 12.8 Å². The maximum atomic E-state index is 12.8. The van der Waals surface area contributed by atoms with Gasteiger partial charge < -0.3 is 5.11 Å². The maximum Gasteiger partial charge on any atom is 0.309 e. The van der Waals surface area contributed by atoms with Gasteiger partial charge in [0.05, 0.1) is 17.3 Å². The SMILES string of the molecule is O=C(O)C1(CC(F)F)CCN(Cc2[nH]ncc2-c2ccccc2)CC1. The number of carboxylic acids is 1. The van der Waals surface area contributed by atoms with E-state index in [1.54, 1.807) is 6.20 Å². The van der Waals surface area contributed by atoms with Crippen molar-refractivity contribution in [2.45, 2.75) is 32.2 Å². The van der Waals surface area contributed by atoms with Gasteiger partial charge in [-0.1, -0.05) is 30.3 Å². The van der Waals surface area contributed by atoms with Crippen molar-refractivity contribution in [3.63, 3.8) is 0 Å². The molecular weight excluding hydrogens is 328 g/mol. The number of halogens is 2. The van der Waals surface area contributed by atoms with Crippen LogP contribution >= 0.6 is 0 Å². The lowest BCUT2D eigenvalue weighted by Crippen LogP contribution is -2.45. The molecule has 1 saturated heterocycles. The molecule has 3 rings (SSSR count). The largest absolute Gasteiger partial charge is 0.481 e. The molecule has 0 amide bonds. The van der Waals surface area contributed by atoms with Crippen molar-refractivity contribution in [3.8, 4) is 11.1 Å². The van der Waals surface area contributed by atoms with E-state index in [0.29, 0.717) is 19.6 Å². The number of carboxylic acid groups (broad SMARTS) is 1. The molecule has 134 valence electrons. The molecule has 1 aliphatic rings. The molecule has 1 aromatic heterocycles. The molecule has 0 aliphatic carbocycles. The predicted octanol–water partition coefficient (Wildman–Crippen LogP) is 3.40. The molecular formula is C18H21F2N3O2. The monoisotopic (exact) mass is 349 g/mol. The number of H-pyrrole nitrogens is 1. The molecule has 0 saturated carbocycles. The number of piperidine rings is 1. The van der Waals surface area contributed by atoms with Gasteiger partial charge in [0.2, 0.25) is 6.43 Å². The minimum atomic E-state index is -2.60. The van der Waals surface area contributed by atoms with Crippen LogP contribution in [0.5, 0.6) is 0 Å². The topological polar surface area (TPSA) is 69.2 Å². The second-order valence-corrected chi connectivity index (χ2v) is 6.59. The van der Waals surface area contributed by atoms with Crippen molar-refractivity contribution in [1.82, 2.24) is 15.1 Å². The number of rotatable bonds is 6. The summed E-state index contributed by atoms with van der Waals surface area (Å²) in [7, 11) is 0. The molecule has 0 bridgehead atoms. The first-order chi connectivity index (χ1) is 12.0. The fraction of sp³-hybridized carbons (Fsp3) is 0.444. The van der Waals surface area contributed by atoms with Crippen LogP contribution in [0.3, 0.4) is 0 Å². The van der Waals surface area contributed by atoms with Crippen LogP contribution in [0.2, 0.25) is 0 Å². The van der Waals surface area contributed by atoms with Crippen molar-refractivity contribution in [3.05, 3.63) is 42.2 Å². The second-order valence-electron chi connectivity index (χ2n) is 6.59. The normalized spacial score (nSPS) is 17.7. The lowest BCUT2D eigenvalue weighted by Gasteiger charge is -2.38. The quantitative estimate of drug-likeness (QED) is 0.839. The first-order valence-electron chi connectivity index (χ1n) is 8.32. The van der Waals surface area contributed by atoms with Gasteiger partial charge >= 0.3 is 5.97 Å². The Labute approximate surface area is 144 Å². The zero-order valence-corrected chi connectivity index (χ0v) is 13.8. The zero-order chi connectivity index (χ0) is 17.9. The van der Waals surface area contributed by atoms with Gasteiger partial charge in [0.25, 0.3) is 0 Å². The number of carbonyl (C=O) groups is 1. The Balaban J connectivity index is 1.67. The Morgan fingerprint density at radius 3 is 2.56 bits per heavy atom. The highest BCUT2D eigenvalue weighted by molar-refractivity contribution is 5.74. The van der Waals surface area contributed by atoms with Gasteiger partial charge in [-0.25, -0.2) is 8.78 Å². The number of hydrogen-bond acceptors (Lipinski definition) is 3. The average molecular weight is 349 g/mol. The zero-order valence-electron chi connectivity index (χ0n) is 13.8. The number of nitrogens with zero attached hydrogens (tertiary/aromatic N) is 2. The highest BCUT2D eigenvalue weighted by Crippen LogP contribution is 2.38. The number of alkyl halides is 2. The van der Waals surface area contributed by atoms with Crippen molar-refractivity contribution in [2.75, 3.05) is 13.1 Å². The fourth-order valence-corrected chi connectivity index (χ4v) is 3.46. The van der Waals surface area contributed by atoms with Gasteiger partial charge in [0, 0.05) is 18.5 Å². The molecule has 25 heavy (non-hydrogen) atoms. The number of aliphatic carboxylic acids is 1. The molecule has 0 atom stereocenters. The van der Waals surface area contributed by atoms with Gasteiger partial charge in [-0.05, 0) is 31.5 Å². The first-order valence-corrected chi connectivity index (χ1v) is 8.32. The number of hydrogen-bond donors (Lipinski definition) is 2. The first kappa shape index (κ1) is 17.5. The standard InChI is InChI=1S/C18H21F2N3O2/c19-16(20)10-18(17(24)25)6-8-23(9-7-18)12-15-14(11-21-22-15)13-4-2-1-3-5-13/h1-5,11,16H,6-10,12H2,(H,21,22)(H,24,25). The van der Waals surface area contributed by atoms with E-state index in [2.05, 4.69) is 15.1 Å². The summed E-state index contributed by atoms with van der Waals surface area (Å²) in [4.78, 5) is 13.6. The Morgan fingerprint density at radius 1 is 1.28 bits per heavy atom. The molecule has 7 heteroatoms. The molecule has 2 N–H and O–H groups in total. The molecule has 2 heterocycles. The molecule has 2 aromatic rings. The van der Waals surface area contributed by atoms with Crippen molar-refractivity contribution in [1.29, 1.82) is 0 Å². The van der Waals surface area contributed by atoms with Gasteiger partial charge in [-0.3, -0.25) is 14.8 Å². The number of nitrogens with one attached hydrogen (secondary N) is 1. The van der Waals surface area contributed by atoms with E-state index in [1.165, 1.54) is 0 Å². The van der Waals surface area contributed by atoms with E-state index in [1.807, 2.05) is 30.3 Å². The van der Waals surface area contributed by atoms with E-state index < -0.39 is 24.2 Å². The Hall–Kier alpha value is -2.28. The van der Waals surface area contributed by atoms with Crippen LogP contribution in [-0.4, -0.2) is 45.7 Å². The average Bonchev–Trinajstić information content (AvgIpc) is 3.05. The third-order valence-corrected chi connectivity index (χ3v) is 5.00. The van der Waals surface area contributed by atoms with Crippen LogP contribution in [0, 0.1) is 5.41 Å². The third-order valence-electron chi connectivity index (χ3n) is 5.00. The smallest absolute Gasteiger partial charge is 0.309 e. The summed E-state index contributed by atoms with van der Waals surface area (Å²) in [5, 5.41) is 16.5. The van der Waals surface area contributed by atoms with Crippen LogP contribution in [0.4, 0.5) is 8.78 Å². The molecule has 1 aromatic carbocycles. The predicted molar refractivity (Wildman–Crippen MR) is 89.2 cm³/mol. The lowest BCUT2D eigenvalue weighted by atomic mass is 9.75. The van der Waals surface area contributed by atoms with E-state index in [9.17, 15) is 18.7 Å². The van der Waals surface area contributed by atoms with Crippen molar-refractivity contribution in [2.24, 2.45) is 5.41 Å². The van der Waals surface area contributed by atoms with Crippen LogP contribution in [-0.2, 0) is 11.3 Å². The molecule has 0 unspecified atom stereocenters. The van der Waals surface area contributed by atoms with E-state index in [4.69, 9.17) is 0 Å². The van der Waals surface area contributed by atoms with Gasteiger partial charge in [-0.15, -0.1) is 0 Å². The van der Waals surface area contributed by atoms with Crippen LogP contribution in [0.15, 0.2) is 36.5 Å². The lowest BCUT2D eigenvalue weighted by molar-refractivity contribution is -0.155. The van der Waals surface area contributed by atoms with Crippen molar-refractivity contribution >= 4 is 5.97 Å². The Bertz CT molecular complexity index is 710. The Morgan fingerprint density at radius 2 is 1.96 bits per heavy atom. The van der Waals surface area contributed by atoms with Gasteiger partial charge in [0.1, 0.15) is 0 Å². The summed E-state index contributed by atoms with van der Waals surface area (Å²) in [6.45, 7) is 1.55. The highest BCUT2D eigenvalue weighted by Gasteiger charge is 2.43. The van der Waals surface area contributed by atoms with Crippen LogP contribution < -0.4 is 0 Å². The van der Waals surface area contributed by atoms with Crippen molar-refractivity contribution < 1.29 is 18.7 Å². The summed E-state index contributed by atoms with van der Waals surface area (Å²) < 4.78 is 25.6. The summed E-state index contributed by atoms with van der Waals surface area (Å²) >= 11 is 0. The van der Waals surface area contributed by atoms with Gasteiger partial charge in [0.15, 0.2) is 0 Å². The molecule has 1 aliphatic heterocycles. The van der Waals surface area contributed by atoms with E-state index >= 15 is 0 Å². The minimum absolute atomic E-state index is 0.238. The highest BCUT2D eigenvalue weighted by atomic mass is 19.3. The van der Waals surface area contributed by atoms with Crippen LogP contribution in [0.1, 0.15) is 25.0 Å². The molecule has 0 spiro atoms. The molecule has 1 fully saturated rings. The minimum Gasteiger partial charge on any atom is -0.481 e. The number of likely N-dealkylation sites (tertiary alicyclic amines) is 1. The van der Waals surface area contributed by atoms with Gasteiger partial charge in [-0.2, -0.15) is 5.10 Å². The molecule has 0 radical (unpaired) electrons. The molecule has 5 nitrogen and oxygen atoms in total. The Kier molecular flexibility index (Phi) is 5.13. The summed E-state index contributed by atoms with van der Waals surface area (Å²) in [5.74, 6) is -1.11. The number of aromatic nitrogens is 2. The summed E-state index contributed by atoms with van der Waals surface area (Å²) in [5.41, 5.74) is 1.70. The fourth-order valence-electron chi connectivity index (χ4n) is 3.46. The summed E-state index contributed by atoms with van der Waals surface area (Å²) in [6.07, 6.45) is -0.925. The third kappa shape index (κ3) is 3.87.